The molecule has 0 aliphatic heterocycles. The van der Waals surface area contributed by atoms with E-state index >= 15 is 0 Å². The van der Waals surface area contributed by atoms with Crippen molar-refractivity contribution in [3.8, 4) is 0 Å². The Hall–Kier alpha value is -1.74. The van der Waals surface area contributed by atoms with Gasteiger partial charge in [0.15, 0.2) is 0 Å². The highest BCUT2D eigenvalue weighted by Gasteiger charge is 2.67. The highest BCUT2D eigenvalue weighted by atomic mass is 16.6. The van der Waals surface area contributed by atoms with Crippen LogP contribution in [0.5, 0.6) is 0 Å². The first-order chi connectivity index (χ1) is 18.3. The molecule has 6 unspecified atom stereocenters. The van der Waals surface area contributed by atoms with Gasteiger partial charge in [-0.15, -0.1) is 0 Å². The van der Waals surface area contributed by atoms with Crippen LogP contribution in [0.4, 0.5) is 0 Å². The van der Waals surface area contributed by atoms with Gasteiger partial charge < -0.3 is 28.4 Å². The molecule has 8 heteroatoms. The van der Waals surface area contributed by atoms with Crippen molar-refractivity contribution in [1.82, 2.24) is 0 Å². The van der Waals surface area contributed by atoms with Crippen LogP contribution in [0.2, 0.25) is 0 Å². The zero-order chi connectivity index (χ0) is 29.4. The van der Waals surface area contributed by atoms with Crippen LogP contribution in [0.3, 0.4) is 0 Å². The van der Waals surface area contributed by atoms with Gasteiger partial charge in [-0.2, -0.15) is 0 Å². The van der Waals surface area contributed by atoms with Crippen LogP contribution in [0.15, 0.2) is 24.3 Å². The molecule has 8 nitrogen and oxygen atoms in total. The van der Waals surface area contributed by atoms with Crippen molar-refractivity contribution < 1.29 is 38.0 Å². The average Bonchev–Trinajstić information content (AvgIpc) is 2.87. The summed E-state index contributed by atoms with van der Waals surface area (Å²) in [6.07, 6.45) is 2.26. The van der Waals surface area contributed by atoms with Crippen molar-refractivity contribution in [1.29, 1.82) is 0 Å². The van der Waals surface area contributed by atoms with E-state index in [0.29, 0.717) is 76.1 Å². The van der Waals surface area contributed by atoms with E-state index in [1.807, 2.05) is 27.7 Å². The summed E-state index contributed by atoms with van der Waals surface area (Å²) in [5.74, 6) is -0.772. The van der Waals surface area contributed by atoms with Crippen molar-refractivity contribution in [3.05, 3.63) is 24.3 Å². The minimum absolute atomic E-state index is 0.293. The van der Waals surface area contributed by atoms with Crippen LogP contribution >= 0.6 is 0 Å². The second kappa shape index (κ2) is 14.2. The van der Waals surface area contributed by atoms with Gasteiger partial charge in [0.1, 0.15) is 23.4 Å². The third kappa shape index (κ3) is 6.95. The molecule has 6 atom stereocenters. The Balaban J connectivity index is 2.54. The first kappa shape index (κ1) is 33.5. The SMILES string of the molecule is C=C(C)C(=O)OC1CCC(OCC)(C(C)(C)C2(OCC)CCC(OC(=O)C(=C)C)CC2OCC)C(OCC)C1. The van der Waals surface area contributed by atoms with Crippen LogP contribution < -0.4 is 0 Å². The minimum atomic E-state index is -0.740. The van der Waals surface area contributed by atoms with Gasteiger partial charge in [-0.25, -0.2) is 9.59 Å². The number of hydrogen-bond acceptors (Lipinski definition) is 8. The van der Waals surface area contributed by atoms with Crippen molar-refractivity contribution >= 4 is 11.9 Å². The fraction of sp³-hybridized carbons (Fsp3) is 0.806. The lowest BCUT2D eigenvalue weighted by Crippen LogP contribution is -2.72. The Kier molecular flexibility index (Phi) is 12.2. The van der Waals surface area contributed by atoms with E-state index in [2.05, 4.69) is 27.0 Å². The van der Waals surface area contributed by atoms with E-state index in [1.54, 1.807) is 13.8 Å². The Bertz CT molecular complexity index is 799. The van der Waals surface area contributed by atoms with Crippen molar-refractivity contribution in [2.24, 2.45) is 5.41 Å². The molecule has 0 N–H and O–H groups in total. The molecule has 39 heavy (non-hydrogen) atoms. The van der Waals surface area contributed by atoms with E-state index in [-0.39, 0.29) is 36.4 Å². The van der Waals surface area contributed by atoms with Crippen LogP contribution in [0, 0.1) is 5.41 Å². The predicted octanol–water partition coefficient (Wildman–Crippen LogP) is 5.72. The summed E-state index contributed by atoms with van der Waals surface area (Å²) in [4.78, 5) is 24.7. The average molecular weight is 553 g/mol. The van der Waals surface area contributed by atoms with Gasteiger partial charge in [0.2, 0.25) is 0 Å². The molecule has 2 rings (SSSR count). The number of carbonyl (C=O) groups excluding carboxylic acids is 2. The molecule has 0 aromatic rings. The molecule has 0 radical (unpaired) electrons. The molecular formula is C31H52O8. The van der Waals surface area contributed by atoms with Gasteiger partial charge in [0, 0.05) is 55.8 Å². The topological polar surface area (TPSA) is 89.5 Å². The van der Waals surface area contributed by atoms with E-state index in [4.69, 9.17) is 28.4 Å². The lowest BCUT2D eigenvalue weighted by Gasteiger charge is -2.63. The number of rotatable bonds is 14. The highest BCUT2D eigenvalue weighted by Crippen LogP contribution is 2.58. The molecule has 0 bridgehead atoms. The molecule has 2 aliphatic rings. The summed E-state index contributed by atoms with van der Waals surface area (Å²) in [6, 6.07) is 0. The third-order valence-electron chi connectivity index (χ3n) is 8.57. The molecule has 0 aromatic carbocycles. The Morgan fingerprint density at radius 2 is 1.08 bits per heavy atom. The van der Waals surface area contributed by atoms with Crippen LogP contribution in [-0.4, -0.2) is 74.0 Å². The normalized spacial score (nSPS) is 31.4. The highest BCUT2D eigenvalue weighted by molar-refractivity contribution is 5.87. The molecule has 0 heterocycles. The molecular weight excluding hydrogens is 500 g/mol. The van der Waals surface area contributed by atoms with Gasteiger partial charge in [-0.1, -0.05) is 27.0 Å². The Morgan fingerprint density at radius 1 is 0.718 bits per heavy atom. The molecule has 0 aromatic heterocycles. The van der Waals surface area contributed by atoms with E-state index in [9.17, 15) is 9.59 Å². The summed E-state index contributed by atoms with van der Waals surface area (Å²) in [7, 11) is 0. The lowest BCUT2D eigenvalue weighted by atomic mass is 9.53. The Morgan fingerprint density at radius 3 is 1.36 bits per heavy atom. The summed E-state index contributed by atoms with van der Waals surface area (Å²) in [6.45, 7) is 25.0. The number of hydrogen-bond donors (Lipinski definition) is 0. The van der Waals surface area contributed by atoms with Crippen molar-refractivity contribution in [2.45, 2.75) is 130 Å². The summed E-state index contributed by atoms with van der Waals surface area (Å²) in [5, 5.41) is 0. The molecule has 224 valence electrons. The molecule has 0 saturated heterocycles. The molecule has 2 fully saturated rings. The van der Waals surface area contributed by atoms with Crippen LogP contribution in [0.25, 0.3) is 0 Å². The quantitative estimate of drug-likeness (QED) is 0.200. The van der Waals surface area contributed by atoms with Gasteiger partial charge in [0.05, 0.1) is 12.2 Å². The zero-order valence-corrected chi connectivity index (χ0v) is 25.6. The maximum absolute atomic E-state index is 12.3. The largest absolute Gasteiger partial charge is 0.459 e. The fourth-order valence-electron chi connectivity index (χ4n) is 6.69. The first-order valence-electron chi connectivity index (χ1n) is 14.6. The maximum Gasteiger partial charge on any atom is 0.333 e. The van der Waals surface area contributed by atoms with Crippen LogP contribution in [0.1, 0.15) is 93.9 Å². The van der Waals surface area contributed by atoms with Crippen LogP contribution in [-0.2, 0) is 38.0 Å². The first-order valence-corrected chi connectivity index (χ1v) is 14.6. The van der Waals surface area contributed by atoms with E-state index in [0.717, 1.165) is 0 Å². The van der Waals surface area contributed by atoms with E-state index < -0.39 is 16.6 Å². The summed E-state index contributed by atoms with van der Waals surface area (Å²) < 4.78 is 37.9. The summed E-state index contributed by atoms with van der Waals surface area (Å²) in [5.41, 5.74) is -1.32. The molecule has 2 aliphatic carbocycles. The standard InChI is InChI=1S/C31H52O8/c1-11-34-25-19-23(38-27(32)21(5)6)15-17-30(25,36-13-3)29(9,10)31(37-14-4)18-16-24(20-26(31)35-12-2)39-28(33)22(7)8/h23-26H,5,7,11-20H2,1-4,6,8-10H3. The number of carbonyl (C=O) groups is 2. The number of esters is 2. The van der Waals surface area contributed by atoms with Gasteiger partial charge in [0.25, 0.3) is 0 Å². The monoisotopic (exact) mass is 552 g/mol. The maximum atomic E-state index is 12.3. The minimum Gasteiger partial charge on any atom is -0.459 e. The second-order valence-electron chi connectivity index (χ2n) is 11.3. The van der Waals surface area contributed by atoms with Gasteiger partial charge in [-0.3, -0.25) is 0 Å². The molecule has 2 saturated carbocycles. The lowest BCUT2D eigenvalue weighted by molar-refractivity contribution is -0.310. The van der Waals surface area contributed by atoms with Gasteiger partial charge in [-0.05, 0) is 67.2 Å². The molecule has 0 spiro atoms. The van der Waals surface area contributed by atoms with Crippen molar-refractivity contribution in [2.75, 3.05) is 26.4 Å². The predicted molar refractivity (Wildman–Crippen MR) is 150 cm³/mol. The van der Waals surface area contributed by atoms with E-state index in [1.165, 1.54) is 0 Å². The van der Waals surface area contributed by atoms with Gasteiger partial charge >= 0.3 is 11.9 Å². The van der Waals surface area contributed by atoms with Crippen molar-refractivity contribution in [3.63, 3.8) is 0 Å². The smallest absolute Gasteiger partial charge is 0.333 e. The zero-order valence-electron chi connectivity index (χ0n) is 25.6. The molecule has 0 amide bonds. The number of ether oxygens (including phenoxy) is 6. The second-order valence-corrected chi connectivity index (χ2v) is 11.3. The fourth-order valence-corrected chi connectivity index (χ4v) is 6.69. The third-order valence-corrected chi connectivity index (χ3v) is 8.57. The Labute approximate surface area is 235 Å². The summed E-state index contributed by atoms with van der Waals surface area (Å²) >= 11 is 0.